The van der Waals surface area contributed by atoms with E-state index in [9.17, 15) is 57.8 Å². The molecule has 28 heteroatoms. The van der Waals surface area contributed by atoms with Gasteiger partial charge in [0.2, 0.25) is 65.0 Å². The molecule has 0 aromatic rings. The van der Waals surface area contributed by atoms with Gasteiger partial charge >= 0.3 is 0 Å². The van der Waals surface area contributed by atoms with Crippen LogP contribution in [-0.2, 0) is 52.7 Å². The van der Waals surface area contributed by atoms with Gasteiger partial charge in [-0.1, -0.05) is 153 Å². The summed E-state index contributed by atoms with van der Waals surface area (Å²) in [5.74, 6) is -8.70. The number of carbonyl (C=O) groups is 11. The number of aliphatic imine (C=N–C) groups is 1. The molecule has 11 atom stereocenters. The number of rotatable bonds is 56. The van der Waals surface area contributed by atoms with Crippen molar-refractivity contribution in [1.82, 2.24) is 52.3 Å². The molecule has 19 N–H and O–H groups in total. The predicted molar refractivity (Wildman–Crippen MR) is 389 cm³/mol. The Morgan fingerprint density at radius 2 is 0.818 bits per heavy atom. The lowest BCUT2D eigenvalue weighted by molar-refractivity contribution is -0.145. The zero-order valence-electron chi connectivity index (χ0n) is 63.0. The molecule has 0 aliphatic carbocycles. The van der Waals surface area contributed by atoms with Crippen LogP contribution in [0.5, 0.6) is 0 Å². The topological polar surface area (TPSA) is 453 Å². The van der Waals surface area contributed by atoms with Crippen molar-refractivity contribution in [3.63, 3.8) is 0 Å². The summed E-state index contributed by atoms with van der Waals surface area (Å²) < 4.78 is 0. The first-order chi connectivity index (χ1) is 46.7. The van der Waals surface area contributed by atoms with Crippen molar-refractivity contribution in [1.29, 1.82) is 0 Å². The molecule has 0 heterocycles. The average molecular weight is 1410 g/mol. The highest BCUT2D eigenvalue weighted by Gasteiger charge is 2.40. The second-order valence-corrected chi connectivity index (χ2v) is 28.7. The van der Waals surface area contributed by atoms with Crippen molar-refractivity contribution < 1.29 is 57.8 Å². The number of likely N-dealkylation sites (N-methyl/N-ethyl adjacent to an activating group) is 2. The van der Waals surface area contributed by atoms with Crippen molar-refractivity contribution in [2.45, 2.75) is 311 Å². The number of aliphatic hydroxyl groups excluding tert-OH is 1. The number of hydrogen-bond acceptors (Lipinski definition) is 15. The summed E-state index contributed by atoms with van der Waals surface area (Å²) in [6.45, 7) is 22.1. The maximum absolute atomic E-state index is 15.0. The van der Waals surface area contributed by atoms with Crippen LogP contribution in [0.25, 0.3) is 0 Å². The molecule has 11 amide bonds. The molecule has 99 heavy (non-hydrogen) atoms. The smallest absolute Gasteiger partial charge is 0.245 e. The zero-order chi connectivity index (χ0) is 75.3. The SMILES string of the molecule is CCCCCCCCCCCCCCC(=O)NCC(=O)N[C@@H](CC(C)C)C(=O)N[C@@H](CC(C)C)C(=O)N(C)[C@@H](CCCCN)C(=O)N[C@@H](CCCN=C(N)N)C(=O)N[C@H](C(=O)N(C)[C@@H](CCCCN)C(=O)N[C@H](C(=O)N[C@@H](CC(C)C)C(=O)N[C@@H](CC(C)C)C(N)=O)[C@@H](C)O)[C@@H](C)CC. The Morgan fingerprint density at radius 3 is 1.27 bits per heavy atom. The molecule has 0 fully saturated rings. The molecule has 28 nitrogen and oxygen atoms in total. The number of nitrogens with two attached hydrogens (primary N) is 5. The van der Waals surface area contributed by atoms with Crippen molar-refractivity contribution in [2.24, 2.45) is 63.3 Å². The van der Waals surface area contributed by atoms with Crippen LogP contribution >= 0.6 is 0 Å². The summed E-state index contributed by atoms with van der Waals surface area (Å²) in [5, 5.41) is 32.9. The number of nitrogens with zero attached hydrogens (tertiary/aromatic N) is 3. The Morgan fingerprint density at radius 1 is 0.414 bits per heavy atom. The normalized spacial score (nSPS) is 14.8. The van der Waals surface area contributed by atoms with Crippen LogP contribution in [0, 0.1) is 29.6 Å². The van der Waals surface area contributed by atoms with E-state index in [-0.39, 0.29) is 120 Å². The second-order valence-electron chi connectivity index (χ2n) is 28.7. The van der Waals surface area contributed by atoms with Crippen molar-refractivity contribution >= 4 is 70.9 Å². The highest BCUT2D eigenvalue weighted by Crippen LogP contribution is 2.20. The molecule has 0 aliphatic rings. The van der Waals surface area contributed by atoms with Crippen molar-refractivity contribution in [3.05, 3.63) is 0 Å². The minimum absolute atomic E-state index is 0.0116. The largest absolute Gasteiger partial charge is 0.391 e. The summed E-state index contributed by atoms with van der Waals surface area (Å²) >= 11 is 0. The van der Waals surface area contributed by atoms with E-state index in [0.29, 0.717) is 38.5 Å². The first kappa shape index (κ1) is 92.3. The van der Waals surface area contributed by atoms with E-state index in [2.05, 4.69) is 54.5 Å². The number of nitrogens with one attached hydrogen (secondary N) is 8. The van der Waals surface area contributed by atoms with Gasteiger partial charge in [-0.2, -0.15) is 0 Å². The van der Waals surface area contributed by atoms with E-state index in [1.165, 1.54) is 77.3 Å². The lowest BCUT2D eigenvalue weighted by atomic mass is 9.95. The number of carbonyl (C=O) groups excluding carboxylic acids is 11. The standard InChI is InChI=1S/C71H136N16O12/c1-15-17-18-19-20-21-22-23-24-25-26-27-36-58(89)78-44-59(90)79-53(41-46(5)6)64(93)83-55(43-48(9)10)69(98)86(13)56(34-28-30-37-72)66(95)80-51(33-32-39-77-71(75)76)63(92)84-60(49(11)16-2)70(99)87(14)57(35-29-31-38-73)67(96)85-61(50(12)88)68(97)82-54(42-47(7)8)65(94)81-52(62(74)91)40-45(3)4/h45-57,60-61,88H,15-44,72-73H2,1-14H3,(H2,74,91)(H,78,89)(H,79,90)(H,80,95)(H,81,94)(H,82,97)(H,83,93)(H,84,92)(H,85,96)(H4,75,76,77)/t49-,50+,51-,52-,53-,54-,55-,56-,57-,60-,61-/m0/s1. The van der Waals surface area contributed by atoms with Gasteiger partial charge in [0.1, 0.15) is 54.4 Å². The fraction of sp³-hybridized carbons (Fsp3) is 0.831. The van der Waals surface area contributed by atoms with Crippen molar-refractivity contribution in [2.75, 3.05) is 40.3 Å². The van der Waals surface area contributed by atoms with Gasteiger partial charge < -0.3 is 86.1 Å². The Hall–Kier alpha value is -6.68. The Bertz CT molecular complexity index is 2440. The summed E-state index contributed by atoms with van der Waals surface area (Å²) in [7, 11) is 2.80. The summed E-state index contributed by atoms with van der Waals surface area (Å²) in [4.78, 5) is 161. The summed E-state index contributed by atoms with van der Waals surface area (Å²) in [5.41, 5.74) is 28.7. The minimum atomic E-state index is -1.64. The van der Waals surface area contributed by atoms with Crippen LogP contribution in [0.3, 0.4) is 0 Å². The number of guanidine groups is 1. The third-order valence-corrected chi connectivity index (χ3v) is 17.6. The molecule has 0 spiro atoms. The van der Waals surface area contributed by atoms with E-state index in [1.54, 1.807) is 13.8 Å². The molecule has 572 valence electrons. The maximum atomic E-state index is 15.0. The van der Waals surface area contributed by atoms with Gasteiger partial charge in [-0.05, 0) is 133 Å². The second kappa shape index (κ2) is 52.3. The number of aliphatic hydroxyl groups is 1. The van der Waals surface area contributed by atoms with Gasteiger partial charge in [0.15, 0.2) is 5.96 Å². The third-order valence-electron chi connectivity index (χ3n) is 17.6. The minimum Gasteiger partial charge on any atom is -0.391 e. The fourth-order valence-electron chi connectivity index (χ4n) is 11.6. The van der Waals surface area contributed by atoms with Gasteiger partial charge in [-0.3, -0.25) is 57.7 Å². The third kappa shape index (κ3) is 39.8. The van der Waals surface area contributed by atoms with Crippen LogP contribution in [0.15, 0.2) is 4.99 Å². The van der Waals surface area contributed by atoms with E-state index < -0.39 is 125 Å². The van der Waals surface area contributed by atoms with Crippen LogP contribution < -0.4 is 71.2 Å². The number of primary amides is 1. The molecule has 0 radical (unpaired) electrons. The zero-order valence-corrected chi connectivity index (χ0v) is 63.0. The van der Waals surface area contributed by atoms with E-state index in [0.717, 1.165) is 24.2 Å². The van der Waals surface area contributed by atoms with Gasteiger partial charge in [-0.15, -0.1) is 0 Å². The van der Waals surface area contributed by atoms with Crippen LogP contribution in [0.4, 0.5) is 0 Å². The Balaban J connectivity index is 6.94. The highest BCUT2D eigenvalue weighted by molar-refractivity contribution is 5.99. The molecule has 0 unspecified atom stereocenters. The van der Waals surface area contributed by atoms with E-state index in [1.807, 2.05) is 55.4 Å². The molecule has 0 aromatic heterocycles. The lowest BCUT2D eigenvalue weighted by Crippen LogP contribution is -2.62. The molecule has 0 aromatic carbocycles. The van der Waals surface area contributed by atoms with Crippen LogP contribution in [-0.4, -0.2) is 187 Å². The van der Waals surface area contributed by atoms with Crippen molar-refractivity contribution in [3.8, 4) is 0 Å². The van der Waals surface area contributed by atoms with E-state index in [4.69, 9.17) is 28.7 Å². The molecular weight excluding hydrogens is 1270 g/mol. The van der Waals surface area contributed by atoms with Gasteiger partial charge in [0.05, 0.1) is 12.6 Å². The molecule has 0 aliphatic heterocycles. The number of hydrogen-bond donors (Lipinski definition) is 14. The molecule has 0 saturated carbocycles. The van der Waals surface area contributed by atoms with Crippen LogP contribution in [0.1, 0.15) is 250 Å². The molecule has 0 saturated heterocycles. The monoisotopic (exact) mass is 1410 g/mol. The lowest BCUT2D eigenvalue weighted by Gasteiger charge is -2.35. The number of amides is 11. The molecule has 0 rings (SSSR count). The Labute approximate surface area is 592 Å². The summed E-state index contributed by atoms with van der Waals surface area (Å²) in [6, 6.07) is -11.3. The summed E-state index contributed by atoms with van der Waals surface area (Å²) in [6.07, 6.45) is 15.5. The van der Waals surface area contributed by atoms with E-state index >= 15 is 0 Å². The van der Waals surface area contributed by atoms with Gasteiger partial charge in [0.25, 0.3) is 0 Å². The highest BCUT2D eigenvalue weighted by atomic mass is 16.3. The molecule has 0 bridgehead atoms. The van der Waals surface area contributed by atoms with Gasteiger partial charge in [0, 0.05) is 27.1 Å². The average Bonchev–Trinajstić information content (AvgIpc) is 0.855. The Kier molecular flexibility index (Phi) is 48.8. The first-order valence-corrected chi connectivity index (χ1v) is 37.0. The quantitative estimate of drug-likeness (QED) is 0.0235. The van der Waals surface area contributed by atoms with Crippen LogP contribution in [0.2, 0.25) is 0 Å². The predicted octanol–water partition coefficient (Wildman–Crippen LogP) is 3.65. The fourth-order valence-corrected chi connectivity index (χ4v) is 11.6. The molecular formula is C71H136N16O12. The van der Waals surface area contributed by atoms with Gasteiger partial charge in [-0.25, -0.2) is 0 Å². The first-order valence-electron chi connectivity index (χ1n) is 37.0. The number of unbranched alkanes of at least 4 members (excludes halogenated alkanes) is 13. The maximum Gasteiger partial charge on any atom is 0.245 e.